The Hall–Kier alpha value is -4.17. The van der Waals surface area contributed by atoms with Gasteiger partial charge in [0.2, 0.25) is 5.43 Å². The molecular formula is C28H22FN3O4. The normalized spacial score (nSPS) is 17.4. The van der Waals surface area contributed by atoms with Crippen LogP contribution in [-0.2, 0) is 12.8 Å². The van der Waals surface area contributed by atoms with Crippen LogP contribution in [0, 0.1) is 5.82 Å². The van der Waals surface area contributed by atoms with Crippen LogP contribution in [0.2, 0.25) is 0 Å². The molecule has 2 aliphatic heterocycles. The quantitative estimate of drug-likeness (QED) is 0.390. The number of benzene rings is 3. The molecule has 8 heteroatoms. The number of aromatic carboxylic acids is 1. The molecule has 0 radical (unpaired) electrons. The Morgan fingerprint density at radius 3 is 2.69 bits per heavy atom. The molecule has 0 amide bonds. The number of hydrogen-bond donors (Lipinski definition) is 2. The molecule has 3 heterocycles. The first kappa shape index (κ1) is 21.1. The number of anilines is 1. The second-order valence-electron chi connectivity index (χ2n) is 9.71. The van der Waals surface area contributed by atoms with Gasteiger partial charge in [0.05, 0.1) is 11.1 Å². The topological polar surface area (TPSA) is 97.8 Å². The molecule has 1 aliphatic carbocycles. The number of nitrogens with two attached hydrogens (primary N) is 1. The molecule has 1 aromatic heterocycles. The van der Waals surface area contributed by atoms with Crippen molar-refractivity contribution in [3.8, 4) is 28.3 Å². The van der Waals surface area contributed by atoms with Gasteiger partial charge in [-0.3, -0.25) is 4.79 Å². The zero-order valence-corrected chi connectivity index (χ0v) is 19.3. The summed E-state index contributed by atoms with van der Waals surface area (Å²) < 4.78 is 23.7. The number of carbonyl (C=O) groups is 1. The number of hydrogen-bond acceptors (Lipinski definition) is 5. The van der Waals surface area contributed by atoms with Crippen molar-refractivity contribution in [3.05, 3.63) is 81.4 Å². The van der Waals surface area contributed by atoms with Gasteiger partial charge in [-0.05, 0) is 59.7 Å². The number of rotatable bonds is 2. The molecule has 1 fully saturated rings. The number of fused-ring (bicyclic) bond motifs is 5. The monoisotopic (exact) mass is 483 g/mol. The summed E-state index contributed by atoms with van der Waals surface area (Å²) in [7, 11) is 0. The largest absolute Gasteiger partial charge is 0.477 e. The van der Waals surface area contributed by atoms with Crippen LogP contribution in [0.1, 0.15) is 27.9 Å². The molecule has 4 aromatic rings. The Labute approximate surface area is 205 Å². The molecule has 36 heavy (non-hydrogen) atoms. The van der Waals surface area contributed by atoms with E-state index in [1.807, 2.05) is 29.2 Å². The maximum atomic E-state index is 15.6. The van der Waals surface area contributed by atoms with Crippen LogP contribution in [0.3, 0.4) is 0 Å². The number of aryl methyl sites for hydroxylation is 2. The molecule has 180 valence electrons. The molecule has 1 unspecified atom stereocenters. The van der Waals surface area contributed by atoms with E-state index in [-0.39, 0.29) is 22.9 Å². The highest BCUT2D eigenvalue weighted by molar-refractivity contribution is 5.99. The fourth-order valence-electron chi connectivity index (χ4n) is 5.86. The van der Waals surface area contributed by atoms with Crippen molar-refractivity contribution in [2.24, 2.45) is 5.73 Å². The molecule has 0 bridgehead atoms. The maximum Gasteiger partial charge on any atom is 0.341 e. The average molecular weight is 483 g/mol. The number of ether oxygens (including phenoxy) is 1. The summed E-state index contributed by atoms with van der Waals surface area (Å²) in [6.45, 7) is 1.02. The fourth-order valence-corrected chi connectivity index (χ4v) is 5.86. The SMILES string of the molecule is NC1CCN(c2c(F)cc3c(=O)c(C(=O)O)cn4c3c2Oc2cc3c(cc2-4)CCc2ccccc2-3)C1. The Bertz CT molecular complexity index is 1690. The average Bonchev–Trinajstić information content (AvgIpc) is 3.29. The van der Waals surface area contributed by atoms with E-state index in [0.717, 1.165) is 35.6 Å². The van der Waals surface area contributed by atoms with E-state index < -0.39 is 22.8 Å². The number of aromatic nitrogens is 1. The summed E-state index contributed by atoms with van der Waals surface area (Å²) in [5.41, 5.74) is 10.7. The van der Waals surface area contributed by atoms with Crippen molar-refractivity contribution >= 4 is 22.6 Å². The van der Waals surface area contributed by atoms with Crippen molar-refractivity contribution in [2.45, 2.75) is 25.3 Å². The number of carboxylic acids is 1. The third-order valence-corrected chi connectivity index (χ3v) is 7.57. The molecule has 7 nitrogen and oxygen atoms in total. The van der Waals surface area contributed by atoms with E-state index in [4.69, 9.17) is 10.5 Å². The zero-order valence-electron chi connectivity index (χ0n) is 19.3. The highest BCUT2D eigenvalue weighted by Crippen LogP contribution is 2.49. The van der Waals surface area contributed by atoms with E-state index in [1.165, 1.54) is 11.8 Å². The lowest BCUT2D eigenvalue weighted by Crippen LogP contribution is -2.28. The predicted octanol–water partition coefficient (Wildman–Crippen LogP) is 4.24. The standard InChI is InChI=1S/C28H22FN3O4/c29-21-10-19-24-27(25(21)31-8-7-16(30)12-31)36-23-11-18-15(6-5-14-3-1-2-4-17(14)18)9-22(23)32(24)13-20(26(19)33)28(34)35/h1-4,9-11,13,16H,5-8,12,30H2,(H,34,35). The molecule has 3 N–H and O–H groups in total. The third kappa shape index (κ3) is 2.88. The molecule has 0 spiro atoms. The van der Waals surface area contributed by atoms with Crippen LogP contribution in [0.5, 0.6) is 11.5 Å². The first-order valence-corrected chi connectivity index (χ1v) is 12.0. The molecular weight excluding hydrogens is 461 g/mol. The molecule has 1 atom stereocenters. The highest BCUT2D eigenvalue weighted by atomic mass is 19.1. The van der Waals surface area contributed by atoms with Crippen LogP contribution in [-0.4, -0.2) is 34.8 Å². The summed E-state index contributed by atoms with van der Waals surface area (Å²) in [5.74, 6) is -1.30. The number of halogens is 1. The van der Waals surface area contributed by atoms with E-state index in [0.29, 0.717) is 36.5 Å². The predicted molar refractivity (Wildman–Crippen MR) is 134 cm³/mol. The van der Waals surface area contributed by atoms with Gasteiger partial charge in [-0.2, -0.15) is 0 Å². The second-order valence-corrected chi connectivity index (χ2v) is 9.71. The summed E-state index contributed by atoms with van der Waals surface area (Å²) in [5, 5.41) is 9.72. The Balaban J connectivity index is 1.55. The van der Waals surface area contributed by atoms with Crippen molar-refractivity contribution in [1.29, 1.82) is 0 Å². The lowest BCUT2D eigenvalue weighted by atomic mass is 9.85. The second kappa shape index (κ2) is 7.41. The third-order valence-electron chi connectivity index (χ3n) is 7.57. The van der Waals surface area contributed by atoms with Crippen molar-refractivity contribution in [3.63, 3.8) is 0 Å². The fraction of sp³-hybridized carbons (Fsp3) is 0.214. The minimum absolute atomic E-state index is 0.0247. The molecule has 0 saturated carbocycles. The van der Waals surface area contributed by atoms with Gasteiger partial charge in [0.15, 0.2) is 17.3 Å². The molecule has 3 aromatic carbocycles. The van der Waals surface area contributed by atoms with Crippen LogP contribution in [0.15, 0.2) is 53.5 Å². The van der Waals surface area contributed by atoms with Crippen LogP contribution in [0.4, 0.5) is 10.1 Å². The number of pyridine rings is 1. The molecule has 1 saturated heterocycles. The zero-order chi connectivity index (χ0) is 24.7. The van der Waals surface area contributed by atoms with E-state index in [2.05, 4.69) is 12.1 Å². The Kier molecular flexibility index (Phi) is 4.35. The lowest BCUT2D eigenvalue weighted by molar-refractivity contribution is 0.0695. The van der Waals surface area contributed by atoms with Crippen molar-refractivity contribution < 1.29 is 19.0 Å². The van der Waals surface area contributed by atoms with Gasteiger partial charge in [-0.15, -0.1) is 0 Å². The summed E-state index contributed by atoms with van der Waals surface area (Å²) in [6, 6.07) is 13.2. The summed E-state index contributed by atoms with van der Waals surface area (Å²) in [6.07, 6.45) is 3.76. The Morgan fingerprint density at radius 2 is 1.92 bits per heavy atom. The molecule has 7 rings (SSSR count). The van der Waals surface area contributed by atoms with E-state index in [1.54, 1.807) is 4.57 Å². The van der Waals surface area contributed by atoms with Gasteiger partial charge >= 0.3 is 5.97 Å². The lowest BCUT2D eigenvalue weighted by Gasteiger charge is -2.30. The van der Waals surface area contributed by atoms with Crippen molar-refractivity contribution in [1.82, 2.24) is 4.57 Å². The van der Waals surface area contributed by atoms with Crippen LogP contribution < -0.4 is 20.8 Å². The van der Waals surface area contributed by atoms with Gasteiger partial charge < -0.3 is 25.0 Å². The van der Waals surface area contributed by atoms with Crippen LogP contribution in [0.25, 0.3) is 27.7 Å². The first-order valence-electron chi connectivity index (χ1n) is 12.0. The summed E-state index contributed by atoms with van der Waals surface area (Å²) >= 11 is 0. The van der Waals surface area contributed by atoms with Gasteiger partial charge in [0, 0.05) is 25.3 Å². The Morgan fingerprint density at radius 1 is 1.11 bits per heavy atom. The number of carboxylic acid groups (broad SMARTS) is 1. The first-order chi connectivity index (χ1) is 17.4. The van der Waals surface area contributed by atoms with Gasteiger partial charge in [-0.1, -0.05) is 24.3 Å². The van der Waals surface area contributed by atoms with E-state index in [9.17, 15) is 14.7 Å². The van der Waals surface area contributed by atoms with Crippen LogP contribution >= 0.6 is 0 Å². The number of nitrogens with zero attached hydrogens (tertiary/aromatic N) is 2. The van der Waals surface area contributed by atoms with E-state index >= 15 is 4.39 Å². The van der Waals surface area contributed by atoms with Crippen molar-refractivity contribution in [2.75, 3.05) is 18.0 Å². The van der Waals surface area contributed by atoms with Gasteiger partial charge in [0.25, 0.3) is 0 Å². The maximum absolute atomic E-state index is 15.6. The minimum atomic E-state index is -1.36. The molecule has 3 aliphatic rings. The van der Waals surface area contributed by atoms with Gasteiger partial charge in [0.1, 0.15) is 16.8 Å². The smallest absolute Gasteiger partial charge is 0.341 e. The van der Waals surface area contributed by atoms with Gasteiger partial charge in [-0.25, -0.2) is 9.18 Å². The highest BCUT2D eigenvalue weighted by Gasteiger charge is 2.33. The minimum Gasteiger partial charge on any atom is -0.477 e. The summed E-state index contributed by atoms with van der Waals surface area (Å²) in [4.78, 5) is 26.9.